The molecule has 1 amide bonds. The molecule has 4 heteroatoms. The lowest BCUT2D eigenvalue weighted by Gasteiger charge is -2.35. The molecule has 116 valence electrons. The van der Waals surface area contributed by atoms with Gasteiger partial charge in [0.15, 0.2) is 0 Å². The Labute approximate surface area is 127 Å². The van der Waals surface area contributed by atoms with Gasteiger partial charge in [-0.15, -0.1) is 0 Å². The van der Waals surface area contributed by atoms with Gasteiger partial charge in [-0.05, 0) is 63.5 Å². The van der Waals surface area contributed by atoms with E-state index in [2.05, 4.69) is 35.4 Å². The van der Waals surface area contributed by atoms with E-state index in [1.54, 1.807) is 0 Å². The minimum absolute atomic E-state index is 0.0845. The van der Waals surface area contributed by atoms with Crippen LogP contribution in [0.5, 0.6) is 0 Å². The van der Waals surface area contributed by atoms with E-state index < -0.39 is 0 Å². The highest BCUT2D eigenvalue weighted by atomic mass is 16.2. The first-order valence-electron chi connectivity index (χ1n) is 7.86. The molecule has 1 aromatic rings. The van der Waals surface area contributed by atoms with Crippen LogP contribution in [0.25, 0.3) is 0 Å². The Hall–Kier alpha value is -1.39. The highest BCUT2D eigenvalue weighted by Gasteiger charge is 2.23. The number of hydrogen-bond acceptors (Lipinski definition) is 3. The average molecular weight is 289 g/mol. The second kappa shape index (κ2) is 7.57. The van der Waals surface area contributed by atoms with Gasteiger partial charge in [0.1, 0.15) is 0 Å². The van der Waals surface area contributed by atoms with Gasteiger partial charge in [0.25, 0.3) is 0 Å². The Bertz CT molecular complexity index is 485. The lowest BCUT2D eigenvalue weighted by atomic mass is 10.0. The van der Waals surface area contributed by atoms with Gasteiger partial charge in [-0.25, -0.2) is 0 Å². The van der Waals surface area contributed by atoms with Gasteiger partial charge in [-0.2, -0.15) is 0 Å². The van der Waals surface area contributed by atoms with Crippen LogP contribution in [0.15, 0.2) is 18.2 Å². The maximum atomic E-state index is 12.3. The van der Waals surface area contributed by atoms with Gasteiger partial charge in [-0.3, -0.25) is 9.69 Å². The number of nitrogens with one attached hydrogen (secondary N) is 2. The zero-order valence-corrected chi connectivity index (χ0v) is 13.4. The molecule has 21 heavy (non-hydrogen) atoms. The second-order valence-electron chi connectivity index (χ2n) is 6.02. The molecular weight excluding hydrogens is 262 g/mol. The number of aryl methyl sites for hydroxylation is 2. The lowest BCUT2D eigenvalue weighted by Crippen LogP contribution is -2.47. The van der Waals surface area contributed by atoms with Crippen molar-refractivity contribution < 1.29 is 4.79 Å². The van der Waals surface area contributed by atoms with Crippen molar-refractivity contribution >= 4 is 11.6 Å². The summed E-state index contributed by atoms with van der Waals surface area (Å²) in [5, 5.41) is 6.25. The minimum Gasteiger partial charge on any atom is -0.325 e. The molecule has 1 saturated heterocycles. The van der Waals surface area contributed by atoms with E-state index in [0.717, 1.165) is 18.8 Å². The van der Waals surface area contributed by atoms with Gasteiger partial charge >= 0.3 is 0 Å². The largest absolute Gasteiger partial charge is 0.325 e. The molecule has 4 nitrogen and oxygen atoms in total. The Kier molecular flexibility index (Phi) is 5.76. The molecule has 1 aliphatic heterocycles. The molecular formula is C17H27N3O. The number of piperidine rings is 1. The second-order valence-corrected chi connectivity index (χ2v) is 6.02. The highest BCUT2D eigenvalue weighted by Crippen LogP contribution is 2.17. The summed E-state index contributed by atoms with van der Waals surface area (Å²) in [5.74, 6) is 0.0845. The Morgan fingerprint density at radius 2 is 2.10 bits per heavy atom. The van der Waals surface area contributed by atoms with Crippen molar-refractivity contribution in [2.75, 3.05) is 32.0 Å². The third-order valence-electron chi connectivity index (χ3n) is 4.33. The van der Waals surface area contributed by atoms with Crippen LogP contribution in [0, 0.1) is 13.8 Å². The molecule has 2 rings (SSSR count). The number of benzene rings is 1. The lowest BCUT2D eigenvalue weighted by molar-refractivity contribution is -0.118. The van der Waals surface area contributed by atoms with Gasteiger partial charge < -0.3 is 10.6 Å². The molecule has 0 aromatic heterocycles. The molecule has 0 saturated carbocycles. The van der Waals surface area contributed by atoms with Crippen molar-refractivity contribution in [2.45, 2.75) is 39.2 Å². The molecule has 1 unspecified atom stereocenters. The van der Waals surface area contributed by atoms with Gasteiger partial charge in [-0.1, -0.05) is 12.5 Å². The Balaban J connectivity index is 1.92. The number of likely N-dealkylation sites (N-methyl/N-ethyl adjacent to an activating group) is 1. The molecule has 1 aliphatic rings. The zero-order chi connectivity index (χ0) is 15.2. The first-order chi connectivity index (χ1) is 10.1. The van der Waals surface area contributed by atoms with E-state index in [4.69, 9.17) is 0 Å². The van der Waals surface area contributed by atoms with Crippen molar-refractivity contribution in [3.63, 3.8) is 0 Å². The van der Waals surface area contributed by atoms with Gasteiger partial charge in [0.05, 0.1) is 6.54 Å². The Morgan fingerprint density at radius 1 is 1.29 bits per heavy atom. The van der Waals surface area contributed by atoms with Gasteiger partial charge in [0.2, 0.25) is 5.91 Å². The normalized spacial score (nSPS) is 19.5. The summed E-state index contributed by atoms with van der Waals surface area (Å²) in [6, 6.07) is 6.54. The van der Waals surface area contributed by atoms with Crippen LogP contribution in [0.2, 0.25) is 0 Å². The maximum Gasteiger partial charge on any atom is 0.238 e. The molecule has 1 atom stereocenters. The highest BCUT2D eigenvalue weighted by molar-refractivity contribution is 5.92. The molecule has 0 aliphatic carbocycles. The summed E-state index contributed by atoms with van der Waals surface area (Å²) >= 11 is 0. The third kappa shape index (κ3) is 4.55. The fraction of sp³-hybridized carbons (Fsp3) is 0.588. The van der Waals surface area contributed by atoms with Crippen LogP contribution in [-0.4, -0.2) is 43.5 Å². The SMILES string of the molecule is CNCC1CCCCN1CC(=O)Nc1ccc(C)c(C)c1. The summed E-state index contributed by atoms with van der Waals surface area (Å²) in [7, 11) is 1.97. The van der Waals surface area contributed by atoms with Crippen LogP contribution < -0.4 is 10.6 Å². The summed E-state index contributed by atoms with van der Waals surface area (Å²) < 4.78 is 0. The first-order valence-corrected chi connectivity index (χ1v) is 7.86. The monoisotopic (exact) mass is 289 g/mol. The van der Waals surface area contributed by atoms with E-state index in [-0.39, 0.29) is 5.91 Å². The van der Waals surface area contributed by atoms with E-state index in [9.17, 15) is 4.79 Å². The zero-order valence-electron chi connectivity index (χ0n) is 13.4. The van der Waals surface area contributed by atoms with Crippen molar-refractivity contribution in [1.29, 1.82) is 0 Å². The van der Waals surface area contributed by atoms with Crippen LogP contribution >= 0.6 is 0 Å². The molecule has 0 spiro atoms. The number of carbonyl (C=O) groups is 1. The number of amides is 1. The number of carbonyl (C=O) groups excluding carboxylic acids is 1. The van der Waals surface area contributed by atoms with E-state index in [1.807, 2.05) is 19.2 Å². The number of rotatable bonds is 5. The topological polar surface area (TPSA) is 44.4 Å². The quantitative estimate of drug-likeness (QED) is 0.874. The van der Waals surface area contributed by atoms with E-state index in [0.29, 0.717) is 12.6 Å². The van der Waals surface area contributed by atoms with Crippen molar-refractivity contribution in [2.24, 2.45) is 0 Å². The van der Waals surface area contributed by atoms with Crippen LogP contribution in [0.3, 0.4) is 0 Å². The van der Waals surface area contributed by atoms with Crippen LogP contribution in [0.1, 0.15) is 30.4 Å². The molecule has 0 bridgehead atoms. The summed E-state index contributed by atoms with van der Waals surface area (Å²) in [4.78, 5) is 14.6. The first kappa shape index (κ1) is 16.0. The smallest absolute Gasteiger partial charge is 0.238 e. The summed E-state index contributed by atoms with van der Waals surface area (Å²) in [6.45, 7) is 6.61. The average Bonchev–Trinajstić information content (AvgIpc) is 2.45. The summed E-state index contributed by atoms with van der Waals surface area (Å²) in [5.41, 5.74) is 3.35. The molecule has 2 N–H and O–H groups in total. The van der Waals surface area contributed by atoms with E-state index in [1.165, 1.54) is 30.4 Å². The van der Waals surface area contributed by atoms with Crippen LogP contribution in [-0.2, 0) is 4.79 Å². The standard InChI is InChI=1S/C17H27N3O/c1-13-7-8-15(10-14(13)2)19-17(21)12-20-9-5-4-6-16(20)11-18-3/h7-8,10,16,18H,4-6,9,11-12H2,1-3H3,(H,19,21). The number of anilines is 1. The fourth-order valence-corrected chi connectivity index (χ4v) is 2.94. The molecule has 1 aromatic carbocycles. The predicted octanol–water partition coefficient (Wildman–Crippen LogP) is 2.32. The molecule has 1 fully saturated rings. The minimum atomic E-state index is 0.0845. The fourth-order valence-electron chi connectivity index (χ4n) is 2.94. The number of likely N-dealkylation sites (tertiary alicyclic amines) is 1. The molecule has 0 radical (unpaired) electrons. The Morgan fingerprint density at radius 3 is 2.81 bits per heavy atom. The summed E-state index contributed by atoms with van der Waals surface area (Å²) in [6.07, 6.45) is 3.64. The number of hydrogen-bond donors (Lipinski definition) is 2. The van der Waals surface area contributed by atoms with Gasteiger partial charge in [0, 0.05) is 18.3 Å². The maximum absolute atomic E-state index is 12.3. The third-order valence-corrected chi connectivity index (χ3v) is 4.33. The van der Waals surface area contributed by atoms with E-state index >= 15 is 0 Å². The van der Waals surface area contributed by atoms with Crippen molar-refractivity contribution in [1.82, 2.24) is 10.2 Å². The number of nitrogens with zero attached hydrogens (tertiary/aromatic N) is 1. The van der Waals surface area contributed by atoms with Crippen LogP contribution in [0.4, 0.5) is 5.69 Å². The van der Waals surface area contributed by atoms with Crippen molar-refractivity contribution in [3.05, 3.63) is 29.3 Å². The molecule has 1 heterocycles. The van der Waals surface area contributed by atoms with Crippen molar-refractivity contribution in [3.8, 4) is 0 Å². The predicted molar refractivity (Wildman–Crippen MR) is 87.7 cm³/mol.